The fourth-order valence-corrected chi connectivity index (χ4v) is 50.9. The third-order valence-corrected chi connectivity index (χ3v) is 51.8. The van der Waals surface area contributed by atoms with Crippen LogP contribution in [-0.2, 0) is 43.6 Å². The van der Waals surface area contributed by atoms with Crippen molar-refractivity contribution in [1.82, 2.24) is 0 Å². The zero-order chi connectivity index (χ0) is 82.5. The first kappa shape index (κ1) is 101. The predicted octanol–water partition coefficient (Wildman–Crippen LogP) is 14.3. The maximum Gasteiger partial charge on any atom is 0.388 e. The predicted molar refractivity (Wildman–Crippen MR) is 494 cm³/mol. The van der Waals surface area contributed by atoms with Crippen LogP contribution in [-0.4, -0.2) is 165 Å². The van der Waals surface area contributed by atoms with Crippen molar-refractivity contribution in [2.75, 3.05) is 47.8 Å². The van der Waals surface area contributed by atoms with E-state index >= 15 is 0 Å². The van der Waals surface area contributed by atoms with E-state index in [0.29, 0.717) is 31.7 Å². The Morgan fingerprint density at radius 3 is 0.619 bits per heavy atom. The summed E-state index contributed by atoms with van der Waals surface area (Å²) in [7, 11) is -20.6. The summed E-state index contributed by atoms with van der Waals surface area (Å²) in [6.45, 7) is 18.1. The van der Waals surface area contributed by atoms with Crippen molar-refractivity contribution in [1.29, 1.82) is 0 Å². The fraction of sp³-hybridized carbons (Fsp3) is 0.297. The van der Waals surface area contributed by atoms with Crippen LogP contribution in [0, 0.1) is 0 Å². The van der Waals surface area contributed by atoms with Crippen LogP contribution in [0.1, 0.15) is 96.8 Å². The first-order valence-corrected chi connectivity index (χ1v) is 57.9. The van der Waals surface area contributed by atoms with Crippen LogP contribution >= 0.6 is 0 Å². The Balaban J connectivity index is 0.000000418. The second-order valence-electron chi connectivity index (χ2n) is 29.8. The van der Waals surface area contributed by atoms with Gasteiger partial charge in [-0.2, -0.15) is 0 Å². The maximum absolute atomic E-state index is 13.1. The zero-order valence-corrected chi connectivity index (χ0v) is 75.0. The first-order valence-electron chi connectivity index (χ1n) is 38.2. The number of aliphatic hydroxyl groups excluding tert-OH is 3. The van der Waals surface area contributed by atoms with Crippen LogP contribution in [0.25, 0.3) is 0 Å². The van der Waals surface area contributed by atoms with Gasteiger partial charge in [0.2, 0.25) is 0 Å². The van der Waals surface area contributed by atoms with Gasteiger partial charge >= 0.3 is 58.1 Å². The molecule has 0 spiro atoms. The van der Waals surface area contributed by atoms with Crippen molar-refractivity contribution >= 4 is 133 Å². The number of phenols is 2. The molecule has 0 aromatic heterocycles. The summed E-state index contributed by atoms with van der Waals surface area (Å²) < 4.78 is 65.8. The van der Waals surface area contributed by atoms with E-state index in [9.17, 15) is 44.7 Å². The van der Waals surface area contributed by atoms with Gasteiger partial charge in [-0.1, -0.05) is 272 Å². The lowest BCUT2D eigenvalue weighted by Gasteiger charge is -2.47. The van der Waals surface area contributed by atoms with Crippen molar-refractivity contribution in [3.8, 4) is 11.5 Å². The number of carbonyl (C=O) groups is 4. The molecule has 27 heteroatoms. The molecule has 19 nitrogen and oxygen atoms in total. The van der Waals surface area contributed by atoms with Gasteiger partial charge in [-0.25, -0.2) is 19.2 Å². The summed E-state index contributed by atoms with van der Waals surface area (Å²) in [4.78, 5) is 47.4. The van der Waals surface area contributed by atoms with Gasteiger partial charge in [0, 0.05) is 19.8 Å². The van der Waals surface area contributed by atoms with E-state index in [0.717, 1.165) is 59.6 Å². The van der Waals surface area contributed by atoms with Crippen molar-refractivity contribution in [3.63, 3.8) is 0 Å². The first-order chi connectivity index (χ1) is 54.6. The van der Waals surface area contributed by atoms with Gasteiger partial charge in [-0.15, -0.1) is 0 Å². The highest BCUT2D eigenvalue weighted by atomic mass is 28.5. The van der Waals surface area contributed by atoms with E-state index in [1.807, 2.05) is 97.1 Å². The Bertz CT molecular complexity index is 4320. The summed E-state index contributed by atoms with van der Waals surface area (Å²) in [5, 5.41) is 56.8. The van der Waals surface area contributed by atoms with Crippen LogP contribution in [0.3, 0.4) is 0 Å². The zero-order valence-electron chi connectivity index (χ0n) is 67.0. The highest BCUT2D eigenvalue weighted by Gasteiger charge is 2.60. The van der Waals surface area contributed by atoms with Gasteiger partial charge in [-0.3, -0.25) is 0 Å². The minimum atomic E-state index is -3.68. The minimum Gasteiger partial charge on any atom is -0.508 e. The molecule has 0 bridgehead atoms. The van der Waals surface area contributed by atoms with Crippen molar-refractivity contribution < 1.29 is 88.3 Å². The Morgan fingerprint density at radius 1 is 0.263 bits per heavy atom. The molecule has 10 rings (SSSR count). The highest BCUT2D eigenvalue weighted by molar-refractivity contribution is 7.10. The van der Waals surface area contributed by atoms with E-state index in [1.54, 1.807) is 0 Å². The molecule has 0 fully saturated rings. The summed E-state index contributed by atoms with van der Waals surface area (Å²) >= 11 is 0. The van der Waals surface area contributed by atoms with Gasteiger partial charge in [0.25, 0.3) is 0 Å². The third-order valence-electron chi connectivity index (χ3n) is 18.8. The number of hydrogen-bond acceptors (Lipinski definition) is 19. The SMILES string of the molecule is C.C.C.C.COC(=O)c1cc(O)cc(C(=O)OC)c1.COC(=O)c1cc(O)cc(C(=O)OCCC[Si](C)(C)O[Si](O[Si](O[Si](C)(C)CCCO)(c2ccccc2)c2ccccc2)(c2ccccc2)c2ccccc2)c1.C[Si](C)(CCCO)O[Si](O[Si](O[Si](C)(C)CCCO)(c1ccccc1)c1ccccc1)(c1ccccc1)c1ccccc1. The number of methoxy groups -OCH3 is 3. The molecular formula is C91H124O19Si8. The topological polar surface area (TPSA) is 262 Å². The number of phenolic OH excluding ortho intramolecular Hbond substituents is 2. The third kappa shape index (κ3) is 27.8. The lowest BCUT2D eigenvalue weighted by atomic mass is 10.1. The van der Waals surface area contributed by atoms with Crippen molar-refractivity contribution in [2.45, 2.75) is 132 Å². The summed E-state index contributed by atoms with van der Waals surface area (Å²) in [6, 6.07) is 93.2. The Morgan fingerprint density at radius 2 is 0.441 bits per heavy atom. The molecule has 10 aromatic carbocycles. The fourth-order valence-electron chi connectivity index (χ4n) is 13.4. The molecule has 0 atom stereocenters. The normalized spacial score (nSPS) is 11.7. The van der Waals surface area contributed by atoms with E-state index < -0.39 is 91.4 Å². The average Bonchev–Trinajstić information content (AvgIpc) is 0.734. The molecule has 118 heavy (non-hydrogen) atoms. The van der Waals surface area contributed by atoms with Crippen LogP contribution in [0.2, 0.25) is 76.6 Å². The molecule has 0 aliphatic carbocycles. The Hall–Kier alpha value is -8.94. The Labute approximate surface area is 709 Å². The molecule has 0 heterocycles. The summed E-state index contributed by atoms with van der Waals surface area (Å²) in [5.41, 5.74) is 0.300. The molecular weight excluding hydrogens is 1620 g/mol. The number of carbonyl (C=O) groups excluding carboxylic acids is 4. The number of benzene rings is 10. The number of esters is 4. The van der Waals surface area contributed by atoms with Crippen LogP contribution in [0.15, 0.2) is 279 Å². The van der Waals surface area contributed by atoms with Gasteiger partial charge < -0.3 is 69.2 Å². The molecule has 0 aliphatic rings. The molecule has 10 aromatic rings. The van der Waals surface area contributed by atoms with Gasteiger partial charge in [0.05, 0.1) is 50.2 Å². The number of aromatic hydroxyl groups is 2. The molecule has 0 saturated heterocycles. The number of ether oxygens (including phenoxy) is 4. The standard InChI is InChI=1S/C43H52O9Si4.C34H46O5Si4.C10H10O5.4CH4/c1-48-42(46)35-32-36(34-37(45)33-35)43(47)49-29-19-31-54(4,5)51-56(40-24-14-8-15-25-40,41-26-16-9-17-27-41)52-55(38-20-10-6-11-21-38,39-22-12-7-13-23-39)50-53(2,3)30-18-28-44;1-40(2,29-17-27-35)37-42(31-19-9-5-10-20-31,32-21-11-6-12-22-32)39-43(33-23-13-7-14-24-33,34-25-15-8-16-26-34)38-41(3,4)30-18-28-36;1-14-9(12)6-3-7(10(13)15-2)5-8(11)4-6;;;;/h6-17,20-27,32-34,44-45H,18-19,28-31H2,1-5H3;5-16,19-26,35-36H,17-18,27-30H2,1-4H3;3-5,11H,1-2H3;4*1H4. The van der Waals surface area contributed by atoms with Crippen LogP contribution in [0.5, 0.6) is 11.5 Å². The van der Waals surface area contributed by atoms with E-state index in [-0.39, 0.29) is 89.9 Å². The maximum atomic E-state index is 13.1. The molecule has 634 valence electrons. The average molecular weight is 1750 g/mol. The number of aliphatic hydroxyl groups is 3. The molecule has 0 saturated carbocycles. The molecule has 0 amide bonds. The van der Waals surface area contributed by atoms with Gasteiger partial charge in [-0.05, 0) is 180 Å². The molecule has 0 radical (unpaired) electrons. The largest absolute Gasteiger partial charge is 0.508 e. The molecule has 5 N–H and O–H groups in total. The number of rotatable bonds is 37. The summed E-state index contributed by atoms with van der Waals surface area (Å²) in [6.07, 6.45) is 2.51. The Kier molecular flexibility index (Phi) is 41.0. The molecule has 0 unspecified atom stereocenters. The lowest BCUT2D eigenvalue weighted by molar-refractivity contribution is 0.0501. The van der Waals surface area contributed by atoms with E-state index in [2.05, 4.69) is 207 Å². The monoisotopic (exact) mass is 1740 g/mol. The van der Waals surface area contributed by atoms with E-state index in [1.165, 1.54) is 57.7 Å². The van der Waals surface area contributed by atoms with Gasteiger partial charge in [0.1, 0.15) is 11.5 Å². The van der Waals surface area contributed by atoms with Crippen molar-refractivity contribution in [2.24, 2.45) is 0 Å². The minimum absolute atomic E-state index is 0. The molecule has 0 aliphatic heterocycles. The van der Waals surface area contributed by atoms with Crippen LogP contribution in [0.4, 0.5) is 0 Å². The highest BCUT2D eigenvalue weighted by Crippen LogP contribution is 2.33. The van der Waals surface area contributed by atoms with Gasteiger partial charge in [0.15, 0.2) is 33.3 Å². The second kappa shape index (κ2) is 47.7. The second-order valence-corrected chi connectivity index (χ2v) is 60.3. The summed E-state index contributed by atoms with van der Waals surface area (Å²) in [5.74, 6) is -3.01. The smallest absolute Gasteiger partial charge is 0.388 e. The quantitative estimate of drug-likeness (QED) is 0.0105. The number of hydrogen-bond donors (Lipinski definition) is 5. The lowest BCUT2D eigenvalue weighted by Crippen LogP contribution is -2.78. The van der Waals surface area contributed by atoms with E-state index in [4.69, 9.17) is 34.2 Å². The van der Waals surface area contributed by atoms with Crippen molar-refractivity contribution in [3.05, 3.63) is 301 Å². The van der Waals surface area contributed by atoms with Crippen LogP contribution < -0.4 is 41.5 Å².